The zero-order chi connectivity index (χ0) is 21.6. The van der Waals surface area contributed by atoms with E-state index >= 15 is 0 Å². The molecular weight excluding hydrogens is 354 g/mol. The molecular formula is C18H33N3O6. The monoisotopic (exact) mass is 387 g/mol. The summed E-state index contributed by atoms with van der Waals surface area (Å²) in [5.41, 5.74) is 13.3. The first kappa shape index (κ1) is 25.2. The van der Waals surface area contributed by atoms with Crippen LogP contribution in [0.2, 0.25) is 0 Å². The van der Waals surface area contributed by atoms with Crippen LogP contribution in [0.15, 0.2) is 0 Å². The number of Topliss-reactive ketones (excluding diaryl/α,β-unsaturated/α-hetero) is 2. The van der Waals surface area contributed by atoms with Gasteiger partial charge >= 0.3 is 11.9 Å². The second kappa shape index (κ2) is 9.91. The first-order chi connectivity index (χ1) is 12.2. The molecule has 9 nitrogen and oxygen atoms in total. The number of hydrogen-bond donors (Lipinski definition) is 5. The minimum Gasteiger partial charge on any atom is -0.480 e. The summed E-state index contributed by atoms with van der Waals surface area (Å²) in [6, 6.07) is -1.17. The van der Waals surface area contributed by atoms with Gasteiger partial charge in [0.15, 0.2) is 22.6 Å². The van der Waals surface area contributed by atoms with Gasteiger partial charge in [0.25, 0.3) is 0 Å². The van der Waals surface area contributed by atoms with Crippen molar-refractivity contribution in [3.63, 3.8) is 0 Å². The van der Waals surface area contributed by atoms with Crippen molar-refractivity contribution in [3.8, 4) is 0 Å². The maximum absolute atomic E-state index is 12.4. The van der Waals surface area contributed by atoms with E-state index in [9.17, 15) is 29.4 Å². The van der Waals surface area contributed by atoms with Crippen LogP contribution < -0.4 is 17.2 Å². The number of carbonyl (C=O) groups is 4. The molecule has 0 saturated carbocycles. The van der Waals surface area contributed by atoms with E-state index in [2.05, 4.69) is 0 Å². The van der Waals surface area contributed by atoms with Gasteiger partial charge in [0.1, 0.15) is 0 Å². The van der Waals surface area contributed by atoms with E-state index in [-0.39, 0.29) is 43.9 Å². The lowest BCUT2D eigenvalue weighted by molar-refractivity contribution is -0.151. The maximum atomic E-state index is 12.4. The van der Waals surface area contributed by atoms with Crippen molar-refractivity contribution in [2.24, 2.45) is 29.0 Å². The summed E-state index contributed by atoms with van der Waals surface area (Å²) in [5.74, 6) is -4.53. The van der Waals surface area contributed by atoms with Gasteiger partial charge in [-0.3, -0.25) is 9.59 Å². The number of ketones is 2. The average molecular weight is 387 g/mol. The number of rotatable bonds is 13. The van der Waals surface area contributed by atoms with E-state index in [1.54, 1.807) is 27.7 Å². The van der Waals surface area contributed by atoms with E-state index in [0.29, 0.717) is 0 Å². The molecule has 0 heterocycles. The van der Waals surface area contributed by atoms with Crippen LogP contribution in [-0.2, 0) is 19.2 Å². The van der Waals surface area contributed by atoms with Gasteiger partial charge in [-0.15, -0.1) is 0 Å². The number of carbonyl (C=O) groups excluding carboxylic acids is 2. The zero-order valence-electron chi connectivity index (χ0n) is 16.5. The minimum absolute atomic E-state index is 0.00623. The van der Waals surface area contributed by atoms with Crippen LogP contribution in [0.25, 0.3) is 0 Å². The second-order valence-electron chi connectivity index (χ2n) is 8.04. The largest absolute Gasteiger partial charge is 0.480 e. The first-order valence-corrected chi connectivity index (χ1v) is 9.06. The van der Waals surface area contributed by atoms with Crippen molar-refractivity contribution < 1.29 is 29.4 Å². The Morgan fingerprint density at radius 1 is 0.852 bits per heavy atom. The normalized spacial score (nSPS) is 17.2. The van der Waals surface area contributed by atoms with Crippen molar-refractivity contribution in [2.45, 2.75) is 76.9 Å². The third-order valence-electron chi connectivity index (χ3n) is 4.42. The van der Waals surface area contributed by atoms with E-state index < -0.39 is 40.6 Å². The van der Waals surface area contributed by atoms with Crippen LogP contribution in [0.5, 0.6) is 0 Å². The molecule has 0 aliphatic heterocycles. The number of hydrogen-bond acceptors (Lipinski definition) is 7. The molecule has 0 radical (unpaired) electrons. The Bertz CT molecular complexity index is 577. The summed E-state index contributed by atoms with van der Waals surface area (Å²) in [6.07, 6.45) is -0.135. The highest BCUT2D eigenvalue weighted by atomic mass is 16.4. The Kier molecular flexibility index (Phi) is 9.24. The average Bonchev–Trinajstić information content (AvgIpc) is 2.51. The molecule has 0 spiro atoms. The third-order valence-corrected chi connectivity index (χ3v) is 4.42. The zero-order valence-corrected chi connectivity index (χ0v) is 16.5. The number of aliphatic carboxylic acids is 2. The topological polar surface area (TPSA) is 187 Å². The number of carboxylic acids is 2. The summed E-state index contributed by atoms with van der Waals surface area (Å²) in [4.78, 5) is 47.6. The summed E-state index contributed by atoms with van der Waals surface area (Å²) in [6.45, 7) is 6.99. The van der Waals surface area contributed by atoms with Crippen molar-refractivity contribution in [3.05, 3.63) is 0 Å². The highest BCUT2D eigenvalue weighted by Crippen LogP contribution is 2.21. The third kappa shape index (κ3) is 6.67. The Labute approximate surface area is 159 Å². The Hall–Kier alpha value is -1.84. The molecule has 0 saturated heterocycles. The highest BCUT2D eigenvalue weighted by Gasteiger charge is 2.45. The molecule has 8 N–H and O–H groups in total. The van der Waals surface area contributed by atoms with Gasteiger partial charge in [0.2, 0.25) is 0 Å². The molecule has 0 aliphatic carbocycles. The van der Waals surface area contributed by atoms with Crippen molar-refractivity contribution >= 4 is 23.5 Å². The fourth-order valence-corrected chi connectivity index (χ4v) is 3.07. The van der Waals surface area contributed by atoms with Gasteiger partial charge in [0, 0.05) is 6.42 Å². The molecule has 0 aromatic carbocycles. The highest BCUT2D eigenvalue weighted by molar-refractivity contribution is 6.10. The van der Waals surface area contributed by atoms with Crippen molar-refractivity contribution in [2.75, 3.05) is 0 Å². The van der Waals surface area contributed by atoms with Crippen LogP contribution in [0.4, 0.5) is 0 Å². The molecule has 156 valence electrons. The van der Waals surface area contributed by atoms with E-state index in [4.69, 9.17) is 17.2 Å². The summed E-state index contributed by atoms with van der Waals surface area (Å²) in [7, 11) is 0. The SMILES string of the molecule is CC(C)CC(N)(C(=O)O)C(=O)CCCC(N)C(=O)C(N)(CC(C)C)C(=O)O. The molecule has 3 atom stereocenters. The summed E-state index contributed by atoms with van der Waals surface area (Å²) < 4.78 is 0. The molecule has 0 fully saturated rings. The fourth-order valence-electron chi connectivity index (χ4n) is 3.07. The standard InChI is InChI=1S/C18H33N3O6/c1-10(2)8-17(20,15(24)25)13(22)7-5-6-12(19)14(23)18(21,16(26)27)9-11(3)4/h10-12H,5-9,19-21H2,1-4H3,(H,24,25)(H,26,27). The Balaban J connectivity index is 4.97. The van der Waals surface area contributed by atoms with Gasteiger partial charge in [-0.1, -0.05) is 27.7 Å². The summed E-state index contributed by atoms with van der Waals surface area (Å²) in [5, 5.41) is 18.6. The molecule has 0 aliphatic rings. The quantitative estimate of drug-likeness (QED) is 0.276. The molecule has 27 heavy (non-hydrogen) atoms. The molecule has 0 aromatic heterocycles. The second-order valence-corrected chi connectivity index (χ2v) is 8.04. The van der Waals surface area contributed by atoms with Gasteiger partial charge in [0.05, 0.1) is 6.04 Å². The van der Waals surface area contributed by atoms with Gasteiger partial charge < -0.3 is 27.4 Å². The molecule has 3 unspecified atom stereocenters. The van der Waals surface area contributed by atoms with Crippen LogP contribution in [0.3, 0.4) is 0 Å². The van der Waals surface area contributed by atoms with E-state index in [0.717, 1.165) is 0 Å². The molecule has 0 bridgehead atoms. The van der Waals surface area contributed by atoms with Crippen molar-refractivity contribution in [1.29, 1.82) is 0 Å². The first-order valence-electron chi connectivity index (χ1n) is 9.06. The van der Waals surface area contributed by atoms with Crippen LogP contribution in [-0.4, -0.2) is 50.8 Å². The predicted octanol–water partition coefficient (Wildman–Crippen LogP) is 0.279. The van der Waals surface area contributed by atoms with Crippen molar-refractivity contribution in [1.82, 2.24) is 0 Å². The Morgan fingerprint density at radius 3 is 1.63 bits per heavy atom. The fraction of sp³-hybridized carbons (Fsp3) is 0.778. The lowest BCUT2D eigenvalue weighted by Gasteiger charge is -2.28. The number of nitrogens with two attached hydrogens (primary N) is 3. The molecule has 0 rings (SSSR count). The molecule has 0 aromatic rings. The lowest BCUT2D eigenvalue weighted by atomic mass is 9.81. The van der Waals surface area contributed by atoms with E-state index in [1.165, 1.54) is 0 Å². The molecule has 9 heteroatoms. The van der Waals surface area contributed by atoms with Crippen LogP contribution >= 0.6 is 0 Å². The smallest absolute Gasteiger partial charge is 0.331 e. The van der Waals surface area contributed by atoms with Gasteiger partial charge in [-0.05, 0) is 37.5 Å². The lowest BCUT2D eigenvalue weighted by Crippen LogP contribution is -2.60. The number of carboxylic acid groups (broad SMARTS) is 2. The minimum atomic E-state index is -2.09. The van der Waals surface area contributed by atoms with Gasteiger partial charge in [-0.25, -0.2) is 9.59 Å². The Morgan fingerprint density at radius 2 is 1.26 bits per heavy atom. The van der Waals surface area contributed by atoms with E-state index in [1.807, 2.05) is 0 Å². The van der Waals surface area contributed by atoms with Crippen LogP contribution in [0.1, 0.15) is 59.8 Å². The summed E-state index contributed by atoms with van der Waals surface area (Å²) >= 11 is 0. The van der Waals surface area contributed by atoms with Gasteiger partial charge in [-0.2, -0.15) is 0 Å². The predicted molar refractivity (Wildman–Crippen MR) is 99.9 cm³/mol. The van der Waals surface area contributed by atoms with Crippen LogP contribution in [0, 0.1) is 11.8 Å². The maximum Gasteiger partial charge on any atom is 0.331 e. The molecule has 0 amide bonds.